The molecule has 9 N–H and O–H groups in total. The van der Waals surface area contributed by atoms with Crippen LogP contribution in [-0.4, -0.2) is 66.7 Å². The molecule has 0 aliphatic rings. The zero-order valence-corrected chi connectivity index (χ0v) is 21.5. The molecule has 3 amide bonds. The third-order valence-corrected chi connectivity index (χ3v) is 5.08. The molecular formula is C25H31F3N6O6. The van der Waals surface area contributed by atoms with Crippen molar-refractivity contribution in [2.75, 3.05) is 13.7 Å². The fraction of sp³-hybridized carbons (Fsp3) is 0.320. The van der Waals surface area contributed by atoms with E-state index in [9.17, 15) is 27.6 Å². The van der Waals surface area contributed by atoms with Gasteiger partial charge in [-0.05, 0) is 36.6 Å². The molecule has 40 heavy (non-hydrogen) atoms. The van der Waals surface area contributed by atoms with Crippen molar-refractivity contribution in [1.82, 2.24) is 10.6 Å². The predicted molar refractivity (Wildman–Crippen MR) is 139 cm³/mol. The summed E-state index contributed by atoms with van der Waals surface area (Å²) in [5, 5.41) is 12.5. The molecule has 2 rings (SSSR count). The summed E-state index contributed by atoms with van der Waals surface area (Å²) in [6.07, 6.45) is -4.18. The smallest absolute Gasteiger partial charge is 0.490 e. The zero-order chi connectivity index (χ0) is 30.3. The van der Waals surface area contributed by atoms with Gasteiger partial charge in [0.2, 0.25) is 11.8 Å². The van der Waals surface area contributed by atoms with Crippen LogP contribution in [0.5, 0.6) is 5.75 Å². The number of rotatable bonds is 12. The Balaban J connectivity index is 0.00000101. The van der Waals surface area contributed by atoms with Crippen molar-refractivity contribution in [1.29, 1.82) is 0 Å². The van der Waals surface area contributed by atoms with Gasteiger partial charge < -0.3 is 37.7 Å². The number of guanidine groups is 1. The molecule has 0 aliphatic carbocycles. The molecule has 0 aromatic heterocycles. The Bertz CT molecular complexity index is 1170. The first kappa shape index (κ1) is 33.2. The molecule has 0 saturated carbocycles. The molecule has 0 fully saturated rings. The summed E-state index contributed by atoms with van der Waals surface area (Å²) in [5.74, 6) is -3.98. The average Bonchev–Trinajstić information content (AvgIpc) is 2.90. The number of primary amides is 1. The largest absolute Gasteiger partial charge is 0.497 e. The van der Waals surface area contributed by atoms with Gasteiger partial charge in [-0.15, -0.1) is 0 Å². The Morgan fingerprint density at radius 3 is 2.12 bits per heavy atom. The fourth-order valence-corrected chi connectivity index (χ4v) is 3.12. The molecule has 0 unspecified atom stereocenters. The summed E-state index contributed by atoms with van der Waals surface area (Å²) in [6, 6.07) is 13.8. The van der Waals surface area contributed by atoms with Gasteiger partial charge in [0.25, 0.3) is 5.91 Å². The Hall–Kier alpha value is -4.82. The standard InChI is InChI=1S/C23H30N6O4.C2HF3O2/c1-33-17-10-5-9-16(14-17)21(31)28-18(11-6-12-27-23(25)26)22(32)29-19(20(24)30)13-15-7-3-2-4-8-15;3-2(4,5)1(6)7/h2-5,7-10,14,18-19H,6,11-13H2,1H3,(H2,24,30)(H,28,31)(H,29,32)(H4,25,26,27);(H,6,7)/t18-,19-;/m0./s1. The number of ether oxygens (including phenoxy) is 1. The minimum absolute atomic E-state index is 0.0620. The van der Waals surface area contributed by atoms with E-state index in [-0.39, 0.29) is 25.3 Å². The minimum Gasteiger partial charge on any atom is -0.497 e. The molecule has 12 nitrogen and oxygen atoms in total. The predicted octanol–water partition coefficient (Wildman–Crippen LogP) is 0.693. The molecule has 0 saturated heterocycles. The van der Waals surface area contributed by atoms with E-state index < -0.39 is 42.0 Å². The van der Waals surface area contributed by atoms with Gasteiger partial charge in [0.15, 0.2) is 5.96 Å². The average molecular weight is 569 g/mol. The number of amides is 3. The Morgan fingerprint density at radius 1 is 0.975 bits per heavy atom. The second kappa shape index (κ2) is 16.2. The first-order valence-electron chi connectivity index (χ1n) is 11.7. The first-order valence-corrected chi connectivity index (χ1v) is 11.7. The lowest BCUT2D eigenvalue weighted by Gasteiger charge is -2.22. The number of nitrogens with one attached hydrogen (secondary N) is 2. The van der Waals surface area contributed by atoms with Crippen molar-refractivity contribution < 1.29 is 42.2 Å². The second-order valence-corrected chi connectivity index (χ2v) is 8.16. The number of carboxylic acids is 1. The van der Waals surface area contributed by atoms with Crippen LogP contribution in [-0.2, 0) is 20.8 Å². The van der Waals surface area contributed by atoms with Crippen LogP contribution in [0.3, 0.4) is 0 Å². The van der Waals surface area contributed by atoms with Crippen LogP contribution in [0.2, 0.25) is 0 Å². The third kappa shape index (κ3) is 12.6. The van der Waals surface area contributed by atoms with Crippen molar-refractivity contribution in [3.63, 3.8) is 0 Å². The van der Waals surface area contributed by atoms with Gasteiger partial charge in [-0.2, -0.15) is 13.2 Å². The fourth-order valence-electron chi connectivity index (χ4n) is 3.12. The summed E-state index contributed by atoms with van der Waals surface area (Å²) in [6.45, 7) is 0.282. The molecule has 2 aromatic carbocycles. The number of carboxylic acid groups (broad SMARTS) is 1. The van der Waals surface area contributed by atoms with Crippen LogP contribution < -0.4 is 32.6 Å². The van der Waals surface area contributed by atoms with Crippen LogP contribution in [0, 0.1) is 0 Å². The molecule has 218 valence electrons. The van der Waals surface area contributed by atoms with E-state index in [1.165, 1.54) is 7.11 Å². The van der Waals surface area contributed by atoms with Crippen LogP contribution in [0.4, 0.5) is 13.2 Å². The van der Waals surface area contributed by atoms with Gasteiger partial charge in [-0.25, -0.2) is 4.79 Å². The van der Waals surface area contributed by atoms with E-state index in [2.05, 4.69) is 15.6 Å². The zero-order valence-electron chi connectivity index (χ0n) is 21.5. The van der Waals surface area contributed by atoms with Gasteiger partial charge in [0.05, 0.1) is 7.11 Å². The minimum atomic E-state index is -5.08. The number of hydrogen-bond donors (Lipinski definition) is 6. The van der Waals surface area contributed by atoms with Gasteiger partial charge in [0.1, 0.15) is 17.8 Å². The lowest BCUT2D eigenvalue weighted by Crippen LogP contribution is -2.53. The van der Waals surface area contributed by atoms with Crippen molar-refractivity contribution in [2.24, 2.45) is 22.2 Å². The maximum absolute atomic E-state index is 13.0. The number of benzene rings is 2. The van der Waals surface area contributed by atoms with E-state index in [4.69, 9.17) is 31.8 Å². The normalized spacial score (nSPS) is 12.0. The maximum atomic E-state index is 13.0. The van der Waals surface area contributed by atoms with Gasteiger partial charge in [-0.3, -0.25) is 19.4 Å². The highest BCUT2D eigenvalue weighted by Crippen LogP contribution is 2.14. The van der Waals surface area contributed by atoms with E-state index in [0.717, 1.165) is 5.56 Å². The molecule has 0 aliphatic heterocycles. The van der Waals surface area contributed by atoms with E-state index in [0.29, 0.717) is 17.7 Å². The quantitative estimate of drug-likeness (QED) is 0.121. The lowest BCUT2D eigenvalue weighted by atomic mass is 10.0. The highest BCUT2D eigenvalue weighted by Gasteiger charge is 2.38. The Labute approximate surface area is 227 Å². The number of nitrogens with two attached hydrogens (primary N) is 3. The highest BCUT2D eigenvalue weighted by atomic mass is 19.4. The number of halogens is 3. The number of nitrogens with zero attached hydrogens (tertiary/aromatic N) is 1. The van der Waals surface area contributed by atoms with Crippen LogP contribution in [0.25, 0.3) is 0 Å². The van der Waals surface area contributed by atoms with Crippen molar-refractivity contribution in [3.05, 3.63) is 65.7 Å². The van der Waals surface area contributed by atoms with Crippen molar-refractivity contribution >= 4 is 29.7 Å². The summed E-state index contributed by atoms with van der Waals surface area (Å²) < 4.78 is 36.9. The van der Waals surface area contributed by atoms with Gasteiger partial charge >= 0.3 is 12.1 Å². The first-order chi connectivity index (χ1) is 18.7. The molecular weight excluding hydrogens is 537 g/mol. The molecule has 2 atom stereocenters. The number of carbonyl (C=O) groups is 4. The number of aliphatic imine (C=N–C) groups is 1. The second-order valence-electron chi connectivity index (χ2n) is 8.16. The third-order valence-electron chi connectivity index (χ3n) is 5.08. The monoisotopic (exact) mass is 568 g/mol. The highest BCUT2D eigenvalue weighted by molar-refractivity contribution is 5.98. The topological polar surface area (TPSA) is 212 Å². The number of methoxy groups -OCH3 is 1. The lowest BCUT2D eigenvalue weighted by molar-refractivity contribution is -0.192. The molecule has 15 heteroatoms. The molecule has 0 radical (unpaired) electrons. The number of aliphatic carboxylic acids is 1. The Morgan fingerprint density at radius 2 is 1.60 bits per heavy atom. The van der Waals surface area contributed by atoms with E-state index >= 15 is 0 Å². The summed E-state index contributed by atoms with van der Waals surface area (Å²) >= 11 is 0. The van der Waals surface area contributed by atoms with Crippen molar-refractivity contribution in [3.8, 4) is 5.75 Å². The SMILES string of the molecule is COc1cccc(C(=O)N[C@@H](CCCN=C(N)N)C(=O)N[C@@H](Cc2ccccc2)C(N)=O)c1.O=C(O)C(F)(F)F. The maximum Gasteiger partial charge on any atom is 0.490 e. The summed E-state index contributed by atoms with van der Waals surface area (Å²) in [5.41, 5.74) is 17.4. The Kier molecular flexibility index (Phi) is 13.5. The van der Waals surface area contributed by atoms with Crippen LogP contribution in [0.15, 0.2) is 59.6 Å². The molecule has 0 heterocycles. The van der Waals surface area contributed by atoms with E-state index in [1.54, 1.807) is 24.3 Å². The number of hydrogen-bond acceptors (Lipinski definition) is 6. The van der Waals surface area contributed by atoms with Crippen LogP contribution >= 0.6 is 0 Å². The van der Waals surface area contributed by atoms with Crippen molar-refractivity contribution in [2.45, 2.75) is 37.5 Å². The summed E-state index contributed by atoms with van der Waals surface area (Å²) in [4.78, 5) is 50.6. The van der Waals surface area contributed by atoms with Gasteiger partial charge in [-0.1, -0.05) is 36.4 Å². The van der Waals surface area contributed by atoms with E-state index in [1.807, 2.05) is 30.3 Å². The molecule has 0 bridgehead atoms. The van der Waals surface area contributed by atoms with Crippen LogP contribution in [0.1, 0.15) is 28.8 Å². The molecule has 2 aromatic rings. The van der Waals surface area contributed by atoms with Gasteiger partial charge in [0, 0.05) is 18.5 Å². The molecule has 0 spiro atoms. The number of alkyl halides is 3. The summed E-state index contributed by atoms with van der Waals surface area (Å²) in [7, 11) is 1.49. The number of carbonyl (C=O) groups excluding carboxylic acids is 3.